The third kappa shape index (κ3) is 1.56. The Balaban J connectivity index is 2.60. The molecule has 2 aromatic carbocycles. The number of benzene rings is 2. The molecule has 0 amide bonds. The molecular formula is C15H12OS. The molecule has 3 rings (SSSR count). The Bertz CT molecular complexity index is 784. The SMILES string of the molecule is Cc1cc2sc3ccccc3c(=O)c2cc1C. The first-order valence-electron chi connectivity index (χ1n) is 5.59. The summed E-state index contributed by atoms with van der Waals surface area (Å²) in [5, 5.41) is 1.67. The van der Waals surface area contributed by atoms with Crippen LogP contribution >= 0.6 is 11.3 Å². The van der Waals surface area contributed by atoms with Gasteiger partial charge in [-0.2, -0.15) is 0 Å². The van der Waals surface area contributed by atoms with Crippen LogP contribution in [0.4, 0.5) is 0 Å². The van der Waals surface area contributed by atoms with Crippen molar-refractivity contribution in [3.63, 3.8) is 0 Å². The van der Waals surface area contributed by atoms with Crippen molar-refractivity contribution in [1.29, 1.82) is 0 Å². The summed E-state index contributed by atoms with van der Waals surface area (Å²) in [6.07, 6.45) is 0. The summed E-state index contributed by atoms with van der Waals surface area (Å²) in [6.45, 7) is 4.13. The lowest BCUT2D eigenvalue weighted by Gasteiger charge is -2.04. The molecule has 0 atom stereocenters. The van der Waals surface area contributed by atoms with E-state index >= 15 is 0 Å². The molecule has 0 aliphatic rings. The standard InChI is InChI=1S/C15H12OS/c1-9-7-12-14(8-10(9)2)17-13-6-4-3-5-11(13)15(12)16/h3-8H,1-2H3. The number of aryl methyl sites for hydroxylation is 2. The Labute approximate surface area is 103 Å². The van der Waals surface area contributed by atoms with E-state index in [0.29, 0.717) is 0 Å². The molecule has 84 valence electrons. The molecule has 0 saturated heterocycles. The zero-order valence-corrected chi connectivity index (χ0v) is 10.6. The largest absolute Gasteiger partial charge is 0.289 e. The fourth-order valence-corrected chi connectivity index (χ4v) is 3.21. The Morgan fingerprint density at radius 3 is 2.41 bits per heavy atom. The van der Waals surface area contributed by atoms with Gasteiger partial charge in [-0.1, -0.05) is 12.1 Å². The summed E-state index contributed by atoms with van der Waals surface area (Å²) in [5.74, 6) is 0. The molecule has 0 radical (unpaired) electrons. The lowest BCUT2D eigenvalue weighted by Crippen LogP contribution is -2.01. The first-order chi connectivity index (χ1) is 8.16. The maximum atomic E-state index is 12.4. The minimum absolute atomic E-state index is 0.150. The lowest BCUT2D eigenvalue weighted by atomic mass is 10.1. The van der Waals surface area contributed by atoms with Crippen molar-refractivity contribution in [3.05, 3.63) is 57.7 Å². The molecule has 0 bridgehead atoms. The highest BCUT2D eigenvalue weighted by Gasteiger charge is 2.06. The first kappa shape index (κ1) is 10.5. The van der Waals surface area contributed by atoms with Gasteiger partial charge in [-0.05, 0) is 49.2 Å². The molecule has 1 aromatic heterocycles. The number of fused-ring (bicyclic) bond motifs is 2. The second-order valence-corrected chi connectivity index (χ2v) is 5.44. The monoisotopic (exact) mass is 240 g/mol. The molecule has 0 unspecified atom stereocenters. The van der Waals surface area contributed by atoms with E-state index in [1.54, 1.807) is 11.3 Å². The summed E-state index contributed by atoms with van der Waals surface area (Å²) >= 11 is 1.69. The van der Waals surface area contributed by atoms with Crippen molar-refractivity contribution in [3.8, 4) is 0 Å². The molecule has 0 spiro atoms. The molecule has 0 aliphatic heterocycles. The van der Waals surface area contributed by atoms with E-state index in [4.69, 9.17) is 0 Å². The maximum absolute atomic E-state index is 12.4. The van der Waals surface area contributed by atoms with Crippen LogP contribution in [0.3, 0.4) is 0 Å². The maximum Gasteiger partial charge on any atom is 0.195 e. The van der Waals surface area contributed by atoms with Crippen molar-refractivity contribution in [2.24, 2.45) is 0 Å². The van der Waals surface area contributed by atoms with Crippen molar-refractivity contribution in [2.75, 3.05) is 0 Å². The molecule has 2 heteroatoms. The second-order valence-electron chi connectivity index (χ2n) is 4.36. The number of hydrogen-bond acceptors (Lipinski definition) is 2. The Kier molecular flexibility index (Phi) is 2.26. The smallest absolute Gasteiger partial charge is 0.195 e. The minimum Gasteiger partial charge on any atom is -0.289 e. The van der Waals surface area contributed by atoms with E-state index in [2.05, 4.69) is 13.0 Å². The predicted octanol–water partition coefficient (Wildman–Crippen LogP) is 4.03. The van der Waals surface area contributed by atoms with Crippen LogP contribution < -0.4 is 5.43 Å². The average Bonchev–Trinajstić information content (AvgIpc) is 2.32. The quantitative estimate of drug-likeness (QED) is 0.542. The van der Waals surface area contributed by atoms with Gasteiger partial charge in [0.15, 0.2) is 5.43 Å². The molecule has 0 saturated carbocycles. The average molecular weight is 240 g/mol. The van der Waals surface area contributed by atoms with Gasteiger partial charge in [-0.25, -0.2) is 0 Å². The summed E-state index contributed by atoms with van der Waals surface area (Å²) in [4.78, 5) is 12.4. The van der Waals surface area contributed by atoms with E-state index in [0.717, 1.165) is 20.2 Å². The lowest BCUT2D eigenvalue weighted by molar-refractivity contribution is 1.37. The van der Waals surface area contributed by atoms with Gasteiger partial charge in [0, 0.05) is 20.2 Å². The molecule has 3 aromatic rings. The third-order valence-corrected chi connectivity index (χ3v) is 4.33. The van der Waals surface area contributed by atoms with Crippen LogP contribution in [-0.2, 0) is 0 Å². The summed E-state index contributed by atoms with van der Waals surface area (Å²) in [5.41, 5.74) is 2.57. The zero-order chi connectivity index (χ0) is 12.0. The van der Waals surface area contributed by atoms with Crippen molar-refractivity contribution < 1.29 is 0 Å². The Hall–Kier alpha value is -1.67. The molecule has 0 N–H and O–H groups in total. The van der Waals surface area contributed by atoms with Gasteiger partial charge in [0.05, 0.1) is 0 Å². The molecule has 17 heavy (non-hydrogen) atoms. The van der Waals surface area contributed by atoms with E-state index < -0.39 is 0 Å². The zero-order valence-electron chi connectivity index (χ0n) is 9.78. The van der Waals surface area contributed by atoms with Crippen LogP contribution in [0.25, 0.3) is 20.2 Å². The van der Waals surface area contributed by atoms with Gasteiger partial charge in [0.2, 0.25) is 0 Å². The fourth-order valence-electron chi connectivity index (χ4n) is 2.06. The van der Waals surface area contributed by atoms with Crippen LogP contribution in [-0.4, -0.2) is 0 Å². The van der Waals surface area contributed by atoms with E-state index in [1.807, 2.05) is 37.3 Å². The normalized spacial score (nSPS) is 11.2. The van der Waals surface area contributed by atoms with Crippen LogP contribution in [0.2, 0.25) is 0 Å². The number of hydrogen-bond donors (Lipinski definition) is 0. The summed E-state index contributed by atoms with van der Waals surface area (Å²) < 4.78 is 2.14. The number of rotatable bonds is 0. The summed E-state index contributed by atoms with van der Waals surface area (Å²) in [6, 6.07) is 11.9. The summed E-state index contributed by atoms with van der Waals surface area (Å²) in [7, 11) is 0. The predicted molar refractivity (Wildman–Crippen MR) is 75.1 cm³/mol. The van der Waals surface area contributed by atoms with E-state index in [-0.39, 0.29) is 5.43 Å². The highest BCUT2D eigenvalue weighted by atomic mass is 32.1. The van der Waals surface area contributed by atoms with E-state index in [1.165, 1.54) is 11.1 Å². The third-order valence-electron chi connectivity index (χ3n) is 3.19. The molecular weight excluding hydrogens is 228 g/mol. The molecule has 0 fully saturated rings. The van der Waals surface area contributed by atoms with Gasteiger partial charge in [0.1, 0.15) is 0 Å². The Morgan fingerprint density at radius 1 is 0.882 bits per heavy atom. The fraction of sp³-hybridized carbons (Fsp3) is 0.133. The van der Waals surface area contributed by atoms with E-state index in [9.17, 15) is 4.79 Å². The van der Waals surface area contributed by atoms with Gasteiger partial charge in [-0.3, -0.25) is 4.79 Å². The van der Waals surface area contributed by atoms with Crippen molar-refractivity contribution >= 4 is 31.5 Å². The minimum atomic E-state index is 0.150. The van der Waals surface area contributed by atoms with Crippen molar-refractivity contribution in [1.82, 2.24) is 0 Å². The highest BCUT2D eigenvalue weighted by Crippen LogP contribution is 2.26. The molecule has 0 aliphatic carbocycles. The van der Waals surface area contributed by atoms with Crippen LogP contribution in [0.5, 0.6) is 0 Å². The van der Waals surface area contributed by atoms with Crippen LogP contribution in [0.1, 0.15) is 11.1 Å². The van der Waals surface area contributed by atoms with Crippen molar-refractivity contribution in [2.45, 2.75) is 13.8 Å². The van der Waals surface area contributed by atoms with Gasteiger partial charge < -0.3 is 0 Å². The second kappa shape index (κ2) is 3.67. The van der Waals surface area contributed by atoms with Crippen LogP contribution in [0.15, 0.2) is 41.2 Å². The Morgan fingerprint density at radius 2 is 1.59 bits per heavy atom. The molecule has 1 nitrogen and oxygen atoms in total. The first-order valence-corrected chi connectivity index (χ1v) is 6.41. The topological polar surface area (TPSA) is 17.1 Å². The van der Waals surface area contributed by atoms with Crippen LogP contribution in [0, 0.1) is 13.8 Å². The van der Waals surface area contributed by atoms with Gasteiger partial charge in [0.25, 0.3) is 0 Å². The highest BCUT2D eigenvalue weighted by molar-refractivity contribution is 7.24. The molecule has 1 heterocycles. The van der Waals surface area contributed by atoms with Gasteiger partial charge >= 0.3 is 0 Å². The van der Waals surface area contributed by atoms with Gasteiger partial charge in [-0.15, -0.1) is 11.3 Å².